The van der Waals surface area contributed by atoms with Gasteiger partial charge in [0.1, 0.15) is 11.9 Å². The van der Waals surface area contributed by atoms with Crippen LogP contribution in [0.4, 0.5) is 10.6 Å². The molecule has 1 aliphatic heterocycles. The molecule has 1 aromatic heterocycles. The summed E-state index contributed by atoms with van der Waals surface area (Å²) in [4.78, 5) is 29.8. The summed E-state index contributed by atoms with van der Waals surface area (Å²) in [6.45, 7) is 5.92. The number of carbonyl (C=O) groups is 2. The van der Waals surface area contributed by atoms with Crippen molar-refractivity contribution in [1.82, 2.24) is 15.2 Å². The van der Waals surface area contributed by atoms with Crippen LogP contribution in [0.5, 0.6) is 0 Å². The maximum Gasteiger partial charge on any atom is 0.327 e. The number of nitrogens with two attached hydrogens (primary N) is 1. The molecular weight excluding hydrogens is 356 g/mol. The number of carboxylic acid groups (broad SMARTS) is 1. The highest BCUT2D eigenvalue weighted by molar-refractivity contribution is 5.88. The first-order valence-corrected chi connectivity index (χ1v) is 9.19. The number of pyridine rings is 1. The number of urea groups is 1. The molecule has 146 valence electrons. The molecule has 2 amide bonds. The van der Waals surface area contributed by atoms with Gasteiger partial charge in [0.05, 0.1) is 6.04 Å². The standard InChI is InChI=1S/C21H24N4O3/c1-3-17(15-7-5-4-6-8-15)24-21(28)25-13(2)16(19(25)20(26)27)11-14-9-10-23-18(22)12-14/h4-10,12,16-17,19H,2-3,11H2,1H3,(H2,22,23)(H,24,28)(H,26,27)/t16-,17+,19-/m0/s1. The van der Waals surface area contributed by atoms with Gasteiger partial charge in [-0.1, -0.05) is 43.8 Å². The van der Waals surface area contributed by atoms with E-state index in [0.29, 0.717) is 24.4 Å². The van der Waals surface area contributed by atoms with Gasteiger partial charge in [0.15, 0.2) is 0 Å². The summed E-state index contributed by atoms with van der Waals surface area (Å²) >= 11 is 0. The SMILES string of the molecule is C=C1[C@H](Cc2ccnc(N)c2)[C@@H](C(=O)O)N1C(=O)N[C@H](CC)c1ccccc1. The van der Waals surface area contributed by atoms with E-state index in [-0.39, 0.29) is 12.0 Å². The highest BCUT2D eigenvalue weighted by atomic mass is 16.4. The maximum absolute atomic E-state index is 12.8. The van der Waals surface area contributed by atoms with E-state index in [4.69, 9.17) is 5.73 Å². The summed E-state index contributed by atoms with van der Waals surface area (Å²) in [5.74, 6) is -1.05. The number of nitrogens with one attached hydrogen (secondary N) is 1. The van der Waals surface area contributed by atoms with Gasteiger partial charge in [-0.25, -0.2) is 14.6 Å². The van der Waals surface area contributed by atoms with Gasteiger partial charge in [-0.2, -0.15) is 0 Å². The van der Waals surface area contributed by atoms with Crippen LogP contribution in [0.3, 0.4) is 0 Å². The normalized spacial score (nSPS) is 19.6. The lowest BCUT2D eigenvalue weighted by Gasteiger charge is -2.47. The highest BCUT2D eigenvalue weighted by Crippen LogP contribution is 2.38. The van der Waals surface area contributed by atoms with Gasteiger partial charge in [0.25, 0.3) is 0 Å². The van der Waals surface area contributed by atoms with Crippen molar-refractivity contribution in [3.05, 3.63) is 72.1 Å². The number of hydrogen-bond donors (Lipinski definition) is 3. The van der Waals surface area contributed by atoms with Crippen LogP contribution in [-0.2, 0) is 11.2 Å². The summed E-state index contributed by atoms with van der Waals surface area (Å²) in [5, 5.41) is 12.6. The molecule has 7 nitrogen and oxygen atoms in total. The quantitative estimate of drug-likeness (QED) is 0.714. The Morgan fingerprint density at radius 3 is 2.64 bits per heavy atom. The van der Waals surface area contributed by atoms with E-state index in [9.17, 15) is 14.7 Å². The lowest BCUT2D eigenvalue weighted by atomic mass is 9.80. The van der Waals surface area contributed by atoms with Gasteiger partial charge < -0.3 is 16.2 Å². The molecule has 1 fully saturated rings. The fourth-order valence-corrected chi connectivity index (χ4v) is 3.61. The van der Waals surface area contributed by atoms with Crippen molar-refractivity contribution in [3.8, 4) is 0 Å². The molecule has 2 aromatic rings. The second kappa shape index (κ2) is 8.12. The van der Waals surface area contributed by atoms with Gasteiger partial charge in [-0.15, -0.1) is 0 Å². The number of likely N-dealkylation sites (tertiary alicyclic amines) is 1. The third-order valence-electron chi connectivity index (χ3n) is 5.08. The number of anilines is 1. The Morgan fingerprint density at radius 1 is 1.32 bits per heavy atom. The van der Waals surface area contributed by atoms with Crippen LogP contribution < -0.4 is 11.1 Å². The fraction of sp³-hybridized carbons (Fsp3) is 0.286. The van der Waals surface area contributed by atoms with E-state index < -0.39 is 18.0 Å². The number of carbonyl (C=O) groups excluding carboxylic acids is 1. The molecule has 0 unspecified atom stereocenters. The largest absolute Gasteiger partial charge is 0.480 e. The van der Waals surface area contributed by atoms with Gasteiger partial charge in [0, 0.05) is 17.8 Å². The molecule has 3 rings (SSSR count). The molecular formula is C21H24N4O3. The van der Waals surface area contributed by atoms with Crippen LogP contribution in [0, 0.1) is 5.92 Å². The molecule has 0 spiro atoms. The molecule has 1 aliphatic rings. The smallest absolute Gasteiger partial charge is 0.327 e. The van der Waals surface area contributed by atoms with Crippen LogP contribution in [0.25, 0.3) is 0 Å². The van der Waals surface area contributed by atoms with Gasteiger partial charge >= 0.3 is 12.0 Å². The van der Waals surface area contributed by atoms with Gasteiger partial charge in [-0.3, -0.25) is 4.90 Å². The summed E-state index contributed by atoms with van der Waals surface area (Å²) < 4.78 is 0. The zero-order valence-electron chi connectivity index (χ0n) is 15.7. The van der Waals surface area contributed by atoms with E-state index in [1.54, 1.807) is 18.3 Å². The van der Waals surface area contributed by atoms with E-state index in [1.807, 2.05) is 37.3 Å². The number of aromatic nitrogens is 1. The third kappa shape index (κ3) is 3.83. The Balaban J connectivity index is 1.73. The molecule has 28 heavy (non-hydrogen) atoms. The minimum Gasteiger partial charge on any atom is -0.480 e. The van der Waals surface area contributed by atoms with Crippen LogP contribution in [0.15, 0.2) is 60.9 Å². The summed E-state index contributed by atoms with van der Waals surface area (Å²) in [5.41, 5.74) is 8.02. The Morgan fingerprint density at radius 2 is 2.04 bits per heavy atom. The monoisotopic (exact) mass is 380 g/mol. The zero-order chi connectivity index (χ0) is 20.3. The van der Waals surface area contributed by atoms with Crippen molar-refractivity contribution in [2.24, 2.45) is 5.92 Å². The molecule has 1 aromatic carbocycles. The Hall–Kier alpha value is -3.35. The lowest BCUT2D eigenvalue weighted by Crippen LogP contribution is -2.63. The predicted molar refractivity (Wildman–Crippen MR) is 106 cm³/mol. The molecule has 2 heterocycles. The molecule has 0 radical (unpaired) electrons. The third-order valence-corrected chi connectivity index (χ3v) is 5.08. The number of rotatable bonds is 6. The summed E-state index contributed by atoms with van der Waals surface area (Å²) in [6.07, 6.45) is 2.70. The molecule has 1 saturated heterocycles. The second-order valence-corrected chi connectivity index (χ2v) is 6.86. The predicted octanol–water partition coefficient (Wildman–Crippen LogP) is 2.97. The zero-order valence-corrected chi connectivity index (χ0v) is 15.7. The van der Waals surface area contributed by atoms with Crippen molar-refractivity contribution >= 4 is 17.8 Å². The average Bonchev–Trinajstić information content (AvgIpc) is 2.68. The van der Waals surface area contributed by atoms with Crippen molar-refractivity contribution in [3.63, 3.8) is 0 Å². The molecule has 7 heteroatoms. The number of hydrogen-bond acceptors (Lipinski definition) is 4. The van der Waals surface area contributed by atoms with Crippen molar-refractivity contribution in [1.29, 1.82) is 0 Å². The van der Waals surface area contributed by atoms with Crippen molar-refractivity contribution in [2.45, 2.75) is 31.8 Å². The Bertz CT molecular complexity index is 884. The van der Waals surface area contributed by atoms with Gasteiger partial charge in [0.2, 0.25) is 0 Å². The van der Waals surface area contributed by atoms with Crippen LogP contribution >= 0.6 is 0 Å². The number of nitrogens with zero attached hydrogens (tertiary/aromatic N) is 2. The molecule has 0 aliphatic carbocycles. The molecule has 3 atom stereocenters. The molecule has 4 N–H and O–H groups in total. The van der Waals surface area contributed by atoms with Crippen LogP contribution in [0.1, 0.15) is 30.5 Å². The summed E-state index contributed by atoms with van der Waals surface area (Å²) in [6, 6.07) is 11.5. The van der Waals surface area contributed by atoms with Crippen molar-refractivity contribution in [2.75, 3.05) is 5.73 Å². The number of carboxylic acids is 1. The summed E-state index contributed by atoms with van der Waals surface area (Å²) in [7, 11) is 0. The number of aliphatic carboxylic acids is 1. The van der Waals surface area contributed by atoms with Crippen LogP contribution in [-0.4, -0.2) is 33.0 Å². The Labute approximate surface area is 163 Å². The van der Waals surface area contributed by atoms with Crippen LogP contribution in [0.2, 0.25) is 0 Å². The van der Waals surface area contributed by atoms with E-state index in [0.717, 1.165) is 11.1 Å². The van der Waals surface area contributed by atoms with E-state index in [1.165, 1.54) is 4.90 Å². The number of amides is 2. The molecule has 0 bridgehead atoms. The molecule has 0 saturated carbocycles. The Kier molecular flexibility index (Phi) is 5.63. The average molecular weight is 380 g/mol. The van der Waals surface area contributed by atoms with E-state index in [2.05, 4.69) is 16.9 Å². The minimum atomic E-state index is -1.05. The van der Waals surface area contributed by atoms with E-state index >= 15 is 0 Å². The minimum absolute atomic E-state index is 0.199. The first-order valence-electron chi connectivity index (χ1n) is 9.19. The first kappa shape index (κ1) is 19.4. The highest BCUT2D eigenvalue weighted by Gasteiger charge is 2.50. The number of nitrogen functional groups attached to an aromatic ring is 1. The maximum atomic E-state index is 12.8. The van der Waals surface area contributed by atoms with Crippen molar-refractivity contribution < 1.29 is 14.7 Å². The first-order chi connectivity index (χ1) is 13.4. The van der Waals surface area contributed by atoms with Gasteiger partial charge in [-0.05, 0) is 36.1 Å². The lowest BCUT2D eigenvalue weighted by molar-refractivity contribution is -0.147. The second-order valence-electron chi connectivity index (χ2n) is 6.86. The number of benzene rings is 1. The fourth-order valence-electron chi connectivity index (χ4n) is 3.61. The topological polar surface area (TPSA) is 109 Å².